The Kier molecular flexibility index (Phi) is 22.4. The van der Waals surface area contributed by atoms with E-state index in [2.05, 4.69) is 19.6 Å². The standard InChI is InChI=1S/C25H40N4O4S12.C2H4O3/c30-17-24(18-31,19(32)38-39-20(34)26-9-1-2-10-26)25(43-40-21(35)27-11-3-4-12-27,44-41-22(36)28-13-5-6-14-28)33-45-42-23(37)29-15-7-8-16-29;3-1-2(4)5/h19,30-32H,1-18H2;3H,1H2,(H,4,5). The fourth-order valence-electron chi connectivity index (χ4n) is 5.10. The highest BCUT2D eigenvalue weighted by molar-refractivity contribution is 8.92. The summed E-state index contributed by atoms with van der Waals surface area (Å²) in [5.41, 5.74) is -2.80. The van der Waals surface area contributed by atoms with Gasteiger partial charge in [0.15, 0.2) is 0 Å². The number of thiocarbonyl (C=S) groups is 4. The van der Waals surface area contributed by atoms with Gasteiger partial charge < -0.3 is 45.1 Å². The van der Waals surface area contributed by atoms with Gasteiger partial charge in [0, 0.05) is 63.2 Å². The van der Waals surface area contributed by atoms with Crippen LogP contribution < -0.4 is 0 Å². The Hall–Kier alpha value is 1.63. The molecule has 0 spiro atoms. The molecule has 11 nitrogen and oxygen atoms in total. The number of carboxylic acid groups (broad SMARTS) is 1. The number of carbonyl (C=O) groups is 1. The zero-order valence-electron chi connectivity index (χ0n) is 27.3. The summed E-state index contributed by atoms with van der Waals surface area (Å²) in [4.78, 5) is 17.8. The maximum Gasteiger partial charge on any atom is 0.329 e. The number of aliphatic carboxylic acids is 1. The molecule has 1 atom stereocenters. The van der Waals surface area contributed by atoms with Gasteiger partial charge in [0.1, 0.15) is 34.7 Å². The first kappa shape index (κ1) is 46.0. The van der Waals surface area contributed by atoms with E-state index in [9.17, 15) is 15.3 Å². The number of aliphatic hydroxyl groups excluding tert-OH is 4. The van der Waals surface area contributed by atoms with E-state index in [-0.39, 0.29) is 0 Å². The lowest BCUT2D eigenvalue weighted by Gasteiger charge is -2.47. The molecule has 0 aromatic carbocycles. The van der Waals surface area contributed by atoms with Crippen LogP contribution in [0.4, 0.5) is 0 Å². The number of rotatable bonds is 14. The fourth-order valence-corrected chi connectivity index (χ4v) is 18.5. The molecule has 5 N–H and O–H groups in total. The van der Waals surface area contributed by atoms with Crippen LogP contribution in [0.25, 0.3) is 0 Å². The SMILES string of the molecule is O=C(O)CO.OCC(CO)(C(O)SSC(=S)N1CCCC1)C(OSSC(=S)N1CCCC1)(SSC(=S)N1CCCC1)SSC(=S)N1CCCC1. The molecule has 4 fully saturated rings. The van der Waals surface area contributed by atoms with E-state index in [0.717, 1.165) is 130 Å². The second kappa shape index (κ2) is 24.3. The van der Waals surface area contributed by atoms with Crippen molar-refractivity contribution >= 4 is 159 Å². The van der Waals surface area contributed by atoms with Gasteiger partial charge in [-0.25, -0.2) is 4.79 Å². The fraction of sp³-hybridized carbons (Fsp3) is 0.815. The van der Waals surface area contributed by atoms with Crippen molar-refractivity contribution in [2.45, 2.75) is 61.1 Å². The molecule has 0 bridgehead atoms. The van der Waals surface area contributed by atoms with Gasteiger partial charge in [0.05, 0.1) is 24.3 Å². The van der Waals surface area contributed by atoms with E-state index in [1.54, 1.807) is 0 Å². The average Bonchev–Trinajstić information content (AvgIpc) is 3.97. The number of aliphatic hydroxyl groups is 4. The second-order valence-electron chi connectivity index (χ2n) is 11.5. The highest BCUT2D eigenvalue weighted by Gasteiger charge is 2.60. The van der Waals surface area contributed by atoms with E-state index >= 15 is 0 Å². The van der Waals surface area contributed by atoms with Gasteiger partial charge in [-0.1, -0.05) is 59.7 Å². The summed E-state index contributed by atoms with van der Waals surface area (Å²) in [6, 6.07) is 0. The molecule has 4 saturated heterocycles. The van der Waals surface area contributed by atoms with Gasteiger partial charge in [-0.15, -0.1) is 0 Å². The lowest BCUT2D eigenvalue weighted by atomic mass is 9.91. The lowest BCUT2D eigenvalue weighted by Crippen LogP contribution is -2.55. The maximum atomic E-state index is 11.9. The monoisotopic (exact) mass is 920 g/mol. The molecule has 4 rings (SSSR count). The molecule has 0 saturated carbocycles. The third kappa shape index (κ3) is 13.7. The summed E-state index contributed by atoms with van der Waals surface area (Å²) in [6.45, 7) is 5.32. The Morgan fingerprint density at radius 1 is 0.620 bits per heavy atom. The summed E-state index contributed by atoms with van der Waals surface area (Å²) in [7, 11) is 9.16. The van der Waals surface area contributed by atoms with E-state index in [0.29, 0.717) is 13.0 Å². The molecular weight excluding hydrogens is 877 g/mol. The van der Waals surface area contributed by atoms with Crippen molar-refractivity contribution < 1.29 is 34.5 Å². The summed E-state index contributed by atoms with van der Waals surface area (Å²) in [5.74, 6) is -1.19. The molecule has 286 valence electrons. The molecule has 50 heavy (non-hydrogen) atoms. The van der Waals surface area contributed by atoms with Gasteiger partial charge in [0.25, 0.3) is 0 Å². The Bertz CT molecular complexity index is 1090. The van der Waals surface area contributed by atoms with E-state index < -0.39 is 40.9 Å². The predicted octanol–water partition coefficient (Wildman–Crippen LogP) is 5.97. The molecule has 0 amide bonds. The minimum Gasteiger partial charge on any atom is -0.480 e. The third-order valence-electron chi connectivity index (χ3n) is 8.14. The minimum atomic E-state index is -1.55. The number of likely N-dealkylation sites (tertiary alicyclic amines) is 4. The number of hydrogen-bond donors (Lipinski definition) is 5. The Labute approximate surface area is 348 Å². The topological polar surface area (TPSA) is 140 Å². The molecule has 4 aliphatic heterocycles. The van der Waals surface area contributed by atoms with E-state index in [1.807, 2.05) is 0 Å². The van der Waals surface area contributed by atoms with Gasteiger partial charge >= 0.3 is 5.97 Å². The first-order chi connectivity index (χ1) is 24.0. The summed E-state index contributed by atoms with van der Waals surface area (Å²) >= 11 is 24.2. The van der Waals surface area contributed by atoms with Crippen molar-refractivity contribution in [1.82, 2.24) is 19.6 Å². The van der Waals surface area contributed by atoms with Crippen molar-refractivity contribution in [2.24, 2.45) is 5.41 Å². The van der Waals surface area contributed by atoms with Crippen LogP contribution in [0.3, 0.4) is 0 Å². The van der Waals surface area contributed by atoms with Crippen LogP contribution >= 0.6 is 136 Å². The van der Waals surface area contributed by atoms with Crippen molar-refractivity contribution in [3.63, 3.8) is 0 Å². The Morgan fingerprint density at radius 2 is 0.940 bits per heavy atom. The zero-order valence-corrected chi connectivity index (χ0v) is 37.1. The average molecular weight is 921 g/mol. The predicted molar refractivity (Wildman–Crippen MR) is 235 cm³/mol. The number of nitrogens with zero attached hydrogens (tertiary/aromatic N) is 4. The zero-order chi connectivity index (χ0) is 36.6. The van der Waals surface area contributed by atoms with Crippen molar-refractivity contribution in [3.8, 4) is 0 Å². The Morgan fingerprint density at radius 3 is 1.26 bits per heavy atom. The molecule has 23 heteroatoms. The smallest absolute Gasteiger partial charge is 0.329 e. The third-order valence-corrected chi connectivity index (χ3v) is 22.1. The summed E-state index contributed by atoms with van der Waals surface area (Å²) in [6.07, 6.45) is 8.74. The van der Waals surface area contributed by atoms with Crippen LogP contribution in [0.15, 0.2) is 0 Å². The van der Waals surface area contributed by atoms with Gasteiger partial charge in [0.2, 0.25) is 4.27 Å². The second-order valence-corrected chi connectivity index (χ2v) is 23.0. The normalized spacial score (nSPS) is 18.7. The molecule has 1 unspecified atom stereocenters. The first-order valence-corrected chi connectivity index (χ1v) is 26.2. The van der Waals surface area contributed by atoms with Crippen LogP contribution in [0.1, 0.15) is 51.4 Å². The molecule has 0 aromatic rings. The maximum absolute atomic E-state index is 11.9. The highest BCUT2D eigenvalue weighted by atomic mass is 33.1. The molecule has 0 radical (unpaired) electrons. The van der Waals surface area contributed by atoms with Crippen LogP contribution in [0.5, 0.6) is 0 Å². The lowest BCUT2D eigenvalue weighted by molar-refractivity contribution is -0.140. The molecule has 4 heterocycles. The van der Waals surface area contributed by atoms with Gasteiger partial charge in [-0.05, 0) is 105 Å². The number of carboxylic acids is 1. The summed E-state index contributed by atoms with van der Waals surface area (Å²) < 4.78 is 8.12. The first-order valence-electron chi connectivity index (χ1n) is 16.0. The van der Waals surface area contributed by atoms with Crippen LogP contribution in [0.2, 0.25) is 0 Å². The molecular formula is C27H44N4O7S12. The largest absolute Gasteiger partial charge is 0.480 e. The summed E-state index contributed by atoms with van der Waals surface area (Å²) in [5, 5.41) is 49.2. The molecule has 4 aliphatic rings. The minimum absolute atomic E-state index is 0.551. The quantitative estimate of drug-likeness (QED) is 0.0604. The van der Waals surface area contributed by atoms with Gasteiger partial charge in [-0.2, -0.15) is 0 Å². The van der Waals surface area contributed by atoms with Crippen LogP contribution in [-0.4, -0.2) is 150 Å². The van der Waals surface area contributed by atoms with Crippen molar-refractivity contribution in [1.29, 1.82) is 0 Å². The van der Waals surface area contributed by atoms with Crippen LogP contribution in [-0.2, 0) is 8.98 Å². The van der Waals surface area contributed by atoms with Crippen molar-refractivity contribution in [2.75, 3.05) is 72.2 Å². The molecule has 0 aliphatic carbocycles. The van der Waals surface area contributed by atoms with Gasteiger partial charge in [-0.3, -0.25) is 4.18 Å². The molecule has 0 aromatic heterocycles. The highest BCUT2D eigenvalue weighted by Crippen LogP contribution is 2.64. The Balaban J connectivity index is 0.00000126. The van der Waals surface area contributed by atoms with Crippen molar-refractivity contribution in [3.05, 3.63) is 0 Å². The number of hydrogen-bond acceptors (Lipinski definition) is 18. The van der Waals surface area contributed by atoms with E-state index in [1.165, 1.54) is 64.8 Å². The van der Waals surface area contributed by atoms with Crippen LogP contribution in [0, 0.1) is 5.41 Å². The van der Waals surface area contributed by atoms with E-state index in [4.69, 9.17) is 68.1 Å².